The molecular formula is C26H28F2N6OS. The van der Waals surface area contributed by atoms with E-state index < -0.39 is 11.6 Å². The summed E-state index contributed by atoms with van der Waals surface area (Å²) in [7, 11) is 2.09. The zero-order chi connectivity index (χ0) is 24.8. The maximum absolute atomic E-state index is 15.2. The van der Waals surface area contributed by atoms with Gasteiger partial charge in [0, 0.05) is 60.5 Å². The molecule has 3 heterocycles. The van der Waals surface area contributed by atoms with Gasteiger partial charge in [0.1, 0.15) is 17.5 Å². The summed E-state index contributed by atoms with van der Waals surface area (Å²) in [6.45, 7) is 5.24. The van der Waals surface area contributed by atoms with Crippen molar-refractivity contribution in [1.29, 1.82) is 0 Å². The van der Waals surface area contributed by atoms with E-state index in [0.717, 1.165) is 43.0 Å². The predicted octanol–water partition coefficient (Wildman–Crippen LogP) is 5.73. The Kier molecular flexibility index (Phi) is 6.08. The predicted molar refractivity (Wildman–Crippen MR) is 138 cm³/mol. The quantitative estimate of drug-likeness (QED) is 0.455. The molecule has 188 valence electrons. The van der Waals surface area contributed by atoms with Gasteiger partial charge in [0.15, 0.2) is 16.7 Å². The summed E-state index contributed by atoms with van der Waals surface area (Å²) in [5.74, 6) is 0.454. The summed E-state index contributed by atoms with van der Waals surface area (Å²) in [6.07, 6.45) is 7.67. The van der Waals surface area contributed by atoms with Gasteiger partial charge in [-0.25, -0.2) is 13.8 Å². The molecule has 36 heavy (non-hydrogen) atoms. The third kappa shape index (κ3) is 4.55. The van der Waals surface area contributed by atoms with Gasteiger partial charge in [-0.1, -0.05) is 18.1 Å². The van der Waals surface area contributed by atoms with Crippen molar-refractivity contribution < 1.29 is 13.5 Å². The van der Waals surface area contributed by atoms with E-state index in [1.807, 2.05) is 19.2 Å². The highest BCUT2D eigenvalue weighted by molar-refractivity contribution is 7.15. The Labute approximate surface area is 212 Å². The monoisotopic (exact) mass is 510 g/mol. The lowest BCUT2D eigenvalue weighted by Gasteiger charge is -2.33. The van der Waals surface area contributed by atoms with E-state index in [1.54, 1.807) is 17.4 Å². The fourth-order valence-corrected chi connectivity index (χ4v) is 5.79. The summed E-state index contributed by atoms with van der Waals surface area (Å²) in [5.41, 5.74) is 1.50. The molecule has 1 aliphatic heterocycles. The smallest absolute Gasteiger partial charge is 0.326 e. The number of aromatic nitrogens is 3. The number of ether oxygens (including phenoxy) is 1. The third-order valence-electron chi connectivity index (χ3n) is 7.16. The van der Waals surface area contributed by atoms with Gasteiger partial charge < -0.3 is 19.9 Å². The average Bonchev–Trinajstić information content (AvgIpc) is 3.43. The van der Waals surface area contributed by atoms with Crippen LogP contribution in [-0.4, -0.2) is 53.1 Å². The van der Waals surface area contributed by atoms with Gasteiger partial charge in [-0.3, -0.25) is 0 Å². The van der Waals surface area contributed by atoms with Gasteiger partial charge in [0.05, 0.1) is 0 Å². The fraction of sp³-hybridized carbons (Fsp3) is 0.423. The minimum atomic E-state index is -0.601. The Bertz CT molecular complexity index is 1330. The Balaban J connectivity index is 1.32. The second kappa shape index (κ2) is 9.40. The molecule has 1 saturated heterocycles. The number of rotatable bonds is 6. The number of piperazine rings is 1. The second-order valence-corrected chi connectivity index (χ2v) is 10.9. The molecule has 6 rings (SSSR count). The second-order valence-electron chi connectivity index (χ2n) is 9.84. The van der Waals surface area contributed by atoms with Gasteiger partial charge in [0.2, 0.25) is 0 Å². The molecule has 2 aliphatic carbocycles. The van der Waals surface area contributed by atoms with Crippen LogP contribution in [0.1, 0.15) is 48.1 Å². The van der Waals surface area contributed by atoms with Crippen LogP contribution in [0.5, 0.6) is 11.8 Å². The molecule has 0 atom stereocenters. The first kappa shape index (κ1) is 23.3. The Hall–Kier alpha value is -3.11. The molecule has 0 spiro atoms. The number of nitrogens with zero attached hydrogens (tertiary/aromatic N) is 5. The molecule has 7 nitrogen and oxygen atoms in total. The molecule has 3 aliphatic rings. The number of anilines is 3. The molecule has 10 heteroatoms. The van der Waals surface area contributed by atoms with Crippen LogP contribution < -0.4 is 15.0 Å². The van der Waals surface area contributed by atoms with Crippen LogP contribution in [0, 0.1) is 11.6 Å². The summed E-state index contributed by atoms with van der Waals surface area (Å²) >= 11 is 1.62. The molecular weight excluding hydrogens is 482 g/mol. The van der Waals surface area contributed by atoms with Gasteiger partial charge in [-0.05, 0) is 39.2 Å². The van der Waals surface area contributed by atoms with Gasteiger partial charge >= 0.3 is 6.01 Å². The number of benzene rings is 1. The first-order valence-corrected chi connectivity index (χ1v) is 13.2. The first-order chi connectivity index (χ1) is 17.4. The highest BCUT2D eigenvalue weighted by atomic mass is 32.1. The van der Waals surface area contributed by atoms with Crippen molar-refractivity contribution in [2.24, 2.45) is 0 Å². The SMILES string of the molecule is CC1=Cc2c(F)c(Oc3nc(Nc4ncc(C5CCC5)s4)cc(N4CCN(C)CC4)n3)cc(F)c2C1. The molecule has 2 fully saturated rings. The third-order valence-corrected chi connectivity index (χ3v) is 8.23. The van der Waals surface area contributed by atoms with Crippen LogP contribution in [0.25, 0.3) is 6.08 Å². The van der Waals surface area contributed by atoms with E-state index in [9.17, 15) is 4.39 Å². The van der Waals surface area contributed by atoms with E-state index >= 15 is 4.39 Å². The van der Waals surface area contributed by atoms with Crippen LogP contribution in [0.15, 0.2) is 23.9 Å². The molecule has 0 unspecified atom stereocenters. The highest BCUT2D eigenvalue weighted by Gasteiger charge is 2.25. The maximum Gasteiger partial charge on any atom is 0.326 e. The number of hydrogen-bond donors (Lipinski definition) is 1. The van der Waals surface area contributed by atoms with Gasteiger partial charge in [-0.2, -0.15) is 9.97 Å². The number of nitrogens with one attached hydrogen (secondary N) is 1. The maximum atomic E-state index is 15.2. The van der Waals surface area contributed by atoms with Crippen LogP contribution in [0.3, 0.4) is 0 Å². The van der Waals surface area contributed by atoms with E-state index in [4.69, 9.17) is 4.74 Å². The van der Waals surface area contributed by atoms with Gasteiger partial charge in [0.25, 0.3) is 0 Å². The minimum absolute atomic E-state index is 0.0401. The van der Waals surface area contributed by atoms with Gasteiger partial charge in [-0.15, -0.1) is 11.3 Å². The topological polar surface area (TPSA) is 66.4 Å². The molecule has 3 aromatic rings. The zero-order valence-electron chi connectivity index (χ0n) is 20.4. The summed E-state index contributed by atoms with van der Waals surface area (Å²) in [5, 5.41) is 4.01. The van der Waals surface area contributed by atoms with Crippen molar-refractivity contribution in [2.75, 3.05) is 43.4 Å². The van der Waals surface area contributed by atoms with Crippen molar-refractivity contribution in [2.45, 2.75) is 38.5 Å². The van der Waals surface area contributed by atoms with Crippen molar-refractivity contribution in [1.82, 2.24) is 19.9 Å². The lowest BCUT2D eigenvalue weighted by molar-refractivity contribution is 0.311. The number of thiazole rings is 1. The normalized spacial score (nSPS) is 18.1. The number of likely N-dealkylation sites (N-methyl/N-ethyl adjacent to an activating group) is 1. The molecule has 0 amide bonds. The zero-order valence-corrected chi connectivity index (χ0v) is 21.2. The summed E-state index contributed by atoms with van der Waals surface area (Å²) in [4.78, 5) is 19.2. The van der Waals surface area contributed by atoms with Crippen LogP contribution in [0.2, 0.25) is 0 Å². The Morgan fingerprint density at radius 2 is 1.92 bits per heavy atom. The Morgan fingerprint density at radius 1 is 1.11 bits per heavy atom. The standard InChI is InChI=1S/C26H28F2N6OS/c1-15-10-17-18(11-15)24(28)20(12-19(17)27)35-25-30-22(13-23(32-25)34-8-6-33(2)7-9-34)31-26-29-14-21(36-26)16-4-3-5-16/h11-14,16H,3-10H2,1-2H3,(H,29,30,31,32). The van der Waals surface area contributed by atoms with E-state index in [-0.39, 0.29) is 17.3 Å². The molecule has 1 N–H and O–H groups in total. The fourth-order valence-electron chi connectivity index (χ4n) is 4.79. The number of allylic oxidation sites excluding steroid dienone is 1. The van der Waals surface area contributed by atoms with Crippen LogP contribution in [-0.2, 0) is 6.42 Å². The van der Waals surface area contributed by atoms with Crippen molar-refractivity contribution in [3.63, 3.8) is 0 Å². The van der Waals surface area contributed by atoms with Crippen molar-refractivity contribution in [3.8, 4) is 11.8 Å². The molecule has 1 aromatic carbocycles. The van der Waals surface area contributed by atoms with E-state index in [0.29, 0.717) is 29.5 Å². The molecule has 0 radical (unpaired) electrons. The number of hydrogen-bond acceptors (Lipinski definition) is 8. The van der Waals surface area contributed by atoms with Crippen LogP contribution in [0.4, 0.5) is 25.5 Å². The number of halogens is 2. The van der Waals surface area contributed by atoms with Crippen LogP contribution >= 0.6 is 11.3 Å². The van der Waals surface area contributed by atoms with Crippen molar-refractivity contribution >= 4 is 34.2 Å². The Morgan fingerprint density at radius 3 is 2.67 bits per heavy atom. The highest BCUT2D eigenvalue weighted by Crippen LogP contribution is 2.41. The molecule has 1 saturated carbocycles. The lowest BCUT2D eigenvalue weighted by atomic mass is 9.85. The average molecular weight is 511 g/mol. The lowest BCUT2D eigenvalue weighted by Crippen LogP contribution is -2.44. The molecule has 0 bridgehead atoms. The van der Waals surface area contributed by atoms with Crippen molar-refractivity contribution in [3.05, 3.63) is 51.5 Å². The largest absolute Gasteiger partial charge is 0.421 e. The minimum Gasteiger partial charge on any atom is -0.421 e. The van der Waals surface area contributed by atoms with E-state index in [1.165, 1.54) is 24.1 Å². The first-order valence-electron chi connectivity index (χ1n) is 12.3. The summed E-state index contributed by atoms with van der Waals surface area (Å²) in [6, 6.07) is 2.90. The number of fused-ring (bicyclic) bond motifs is 1. The summed E-state index contributed by atoms with van der Waals surface area (Å²) < 4.78 is 35.8. The van der Waals surface area contributed by atoms with E-state index in [2.05, 4.69) is 37.1 Å². The molecule has 2 aromatic heterocycles.